The first-order valence-corrected chi connectivity index (χ1v) is 8.40. The van der Waals surface area contributed by atoms with Gasteiger partial charge in [0.15, 0.2) is 0 Å². The Hall–Kier alpha value is -1.10. The zero-order valence-corrected chi connectivity index (χ0v) is 14.1. The minimum absolute atomic E-state index is 0.249. The highest BCUT2D eigenvalue weighted by molar-refractivity contribution is 5.38. The lowest BCUT2D eigenvalue weighted by molar-refractivity contribution is 0.182. The molecule has 1 aliphatic rings. The first kappa shape index (κ1) is 17.3. The average molecular weight is 306 g/mol. The van der Waals surface area contributed by atoms with Crippen LogP contribution in [0.5, 0.6) is 5.75 Å². The molecule has 4 nitrogen and oxygen atoms in total. The van der Waals surface area contributed by atoms with Gasteiger partial charge in [0.25, 0.3) is 0 Å². The van der Waals surface area contributed by atoms with Gasteiger partial charge in [0.2, 0.25) is 0 Å². The van der Waals surface area contributed by atoms with Gasteiger partial charge >= 0.3 is 0 Å². The topological polar surface area (TPSA) is 44.7 Å². The number of aliphatic hydroxyl groups excluding tert-OH is 1. The molecule has 124 valence electrons. The standard InChI is InChI=1S/C18H30N2O2/c1-14(21)8-9-19-15(2)16-6-7-18(22-3)17(12-16)13-20-10-4-5-11-20/h6-7,12,14-15,19,21H,4-5,8-11,13H2,1-3H3. The Bertz CT molecular complexity index is 456. The number of benzene rings is 1. The van der Waals surface area contributed by atoms with Crippen molar-refractivity contribution in [2.75, 3.05) is 26.7 Å². The molecule has 1 aliphatic heterocycles. The second-order valence-electron chi connectivity index (χ2n) is 6.37. The third-order valence-electron chi connectivity index (χ3n) is 4.41. The van der Waals surface area contributed by atoms with Crippen LogP contribution in [0.1, 0.15) is 50.3 Å². The average Bonchev–Trinajstić information content (AvgIpc) is 2.99. The number of nitrogens with zero attached hydrogens (tertiary/aromatic N) is 1. The molecule has 0 saturated carbocycles. The van der Waals surface area contributed by atoms with Crippen LogP contribution in [0.3, 0.4) is 0 Å². The van der Waals surface area contributed by atoms with Crippen LogP contribution in [0.2, 0.25) is 0 Å². The lowest BCUT2D eigenvalue weighted by atomic mass is 10.0. The fourth-order valence-electron chi connectivity index (χ4n) is 3.00. The van der Waals surface area contributed by atoms with E-state index in [0.717, 1.165) is 25.3 Å². The summed E-state index contributed by atoms with van der Waals surface area (Å²) in [5.41, 5.74) is 2.55. The van der Waals surface area contributed by atoms with E-state index in [1.165, 1.54) is 37.1 Å². The molecule has 0 radical (unpaired) electrons. The Morgan fingerprint density at radius 2 is 2.00 bits per heavy atom. The van der Waals surface area contributed by atoms with Crippen LogP contribution in [0, 0.1) is 0 Å². The summed E-state index contributed by atoms with van der Waals surface area (Å²) >= 11 is 0. The second-order valence-corrected chi connectivity index (χ2v) is 6.37. The van der Waals surface area contributed by atoms with Crippen LogP contribution in [0.25, 0.3) is 0 Å². The Kier molecular flexibility index (Phi) is 6.68. The Morgan fingerprint density at radius 1 is 1.27 bits per heavy atom. The first-order chi connectivity index (χ1) is 10.6. The van der Waals surface area contributed by atoms with E-state index >= 15 is 0 Å². The van der Waals surface area contributed by atoms with Gasteiger partial charge in [-0.25, -0.2) is 0 Å². The third-order valence-corrected chi connectivity index (χ3v) is 4.41. The number of hydrogen-bond acceptors (Lipinski definition) is 4. The number of ether oxygens (including phenoxy) is 1. The highest BCUT2D eigenvalue weighted by atomic mass is 16.5. The van der Waals surface area contributed by atoms with Crippen LogP contribution in [-0.4, -0.2) is 42.9 Å². The molecule has 0 aliphatic carbocycles. The number of methoxy groups -OCH3 is 1. The van der Waals surface area contributed by atoms with Crippen LogP contribution in [0.4, 0.5) is 0 Å². The summed E-state index contributed by atoms with van der Waals surface area (Å²) in [5.74, 6) is 0.979. The fourth-order valence-corrected chi connectivity index (χ4v) is 3.00. The summed E-state index contributed by atoms with van der Waals surface area (Å²) < 4.78 is 5.52. The number of nitrogens with one attached hydrogen (secondary N) is 1. The van der Waals surface area contributed by atoms with Crippen LogP contribution < -0.4 is 10.1 Å². The zero-order chi connectivity index (χ0) is 15.9. The molecule has 0 spiro atoms. The number of aliphatic hydroxyl groups is 1. The van der Waals surface area contributed by atoms with Gasteiger partial charge in [0.05, 0.1) is 13.2 Å². The van der Waals surface area contributed by atoms with Gasteiger partial charge in [-0.2, -0.15) is 0 Å². The van der Waals surface area contributed by atoms with Crippen molar-refractivity contribution in [3.05, 3.63) is 29.3 Å². The van der Waals surface area contributed by atoms with Crippen molar-refractivity contribution in [3.63, 3.8) is 0 Å². The molecule has 2 rings (SSSR count). The van der Waals surface area contributed by atoms with E-state index in [4.69, 9.17) is 4.74 Å². The molecule has 1 fully saturated rings. The van der Waals surface area contributed by atoms with Crippen LogP contribution in [-0.2, 0) is 6.54 Å². The summed E-state index contributed by atoms with van der Waals surface area (Å²) in [5, 5.41) is 12.8. The second kappa shape index (κ2) is 8.51. The van der Waals surface area contributed by atoms with Gasteiger partial charge in [-0.15, -0.1) is 0 Å². The summed E-state index contributed by atoms with van der Waals surface area (Å²) in [6.45, 7) is 8.17. The number of rotatable bonds is 8. The SMILES string of the molecule is COc1ccc(C(C)NCCC(C)O)cc1CN1CCCC1. The van der Waals surface area contributed by atoms with Crippen molar-refractivity contribution in [2.24, 2.45) is 0 Å². The van der Waals surface area contributed by atoms with E-state index in [2.05, 4.69) is 35.3 Å². The molecule has 1 saturated heterocycles. The summed E-state index contributed by atoms with van der Waals surface area (Å²) in [6.07, 6.45) is 3.14. The molecule has 22 heavy (non-hydrogen) atoms. The van der Waals surface area contributed by atoms with E-state index in [9.17, 15) is 5.11 Å². The molecule has 1 heterocycles. The summed E-state index contributed by atoms with van der Waals surface area (Å²) in [4.78, 5) is 2.49. The lowest BCUT2D eigenvalue weighted by Crippen LogP contribution is -2.23. The molecule has 1 aromatic rings. The van der Waals surface area contributed by atoms with E-state index < -0.39 is 0 Å². The first-order valence-electron chi connectivity index (χ1n) is 8.40. The zero-order valence-electron chi connectivity index (χ0n) is 14.1. The Labute approximate surface area is 134 Å². The fraction of sp³-hybridized carbons (Fsp3) is 0.667. The highest BCUT2D eigenvalue weighted by Gasteiger charge is 2.16. The highest BCUT2D eigenvalue weighted by Crippen LogP contribution is 2.26. The van der Waals surface area contributed by atoms with Crippen molar-refractivity contribution >= 4 is 0 Å². The molecule has 1 aromatic carbocycles. The third kappa shape index (κ3) is 4.97. The molecular weight excluding hydrogens is 276 g/mol. The molecule has 0 bridgehead atoms. The Balaban J connectivity index is 2.01. The molecule has 4 heteroatoms. The maximum Gasteiger partial charge on any atom is 0.123 e. The van der Waals surface area contributed by atoms with E-state index in [-0.39, 0.29) is 12.1 Å². The molecule has 0 amide bonds. The normalized spacial score (nSPS) is 18.4. The van der Waals surface area contributed by atoms with Gasteiger partial charge in [0.1, 0.15) is 5.75 Å². The van der Waals surface area contributed by atoms with Gasteiger partial charge in [-0.05, 0) is 70.4 Å². The van der Waals surface area contributed by atoms with Crippen molar-refractivity contribution in [3.8, 4) is 5.75 Å². The van der Waals surface area contributed by atoms with Crippen molar-refractivity contribution in [2.45, 2.75) is 51.8 Å². The van der Waals surface area contributed by atoms with Gasteiger partial charge in [0, 0.05) is 18.2 Å². The summed E-state index contributed by atoms with van der Waals surface area (Å²) in [7, 11) is 1.74. The summed E-state index contributed by atoms with van der Waals surface area (Å²) in [6, 6.07) is 6.75. The molecule has 0 aromatic heterocycles. The van der Waals surface area contributed by atoms with Crippen LogP contribution in [0.15, 0.2) is 18.2 Å². The molecule has 2 N–H and O–H groups in total. The van der Waals surface area contributed by atoms with Crippen molar-refractivity contribution < 1.29 is 9.84 Å². The largest absolute Gasteiger partial charge is 0.496 e. The minimum atomic E-state index is -0.249. The number of hydrogen-bond donors (Lipinski definition) is 2. The molecule has 2 unspecified atom stereocenters. The predicted molar refractivity (Wildman–Crippen MR) is 90.2 cm³/mol. The van der Waals surface area contributed by atoms with Crippen LogP contribution >= 0.6 is 0 Å². The van der Waals surface area contributed by atoms with E-state index in [1.54, 1.807) is 7.11 Å². The lowest BCUT2D eigenvalue weighted by Gasteiger charge is -2.20. The smallest absolute Gasteiger partial charge is 0.123 e. The minimum Gasteiger partial charge on any atom is -0.496 e. The maximum atomic E-state index is 9.35. The van der Waals surface area contributed by atoms with Gasteiger partial charge < -0.3 is 15.2 Å². The van der Waals surface area contributed by atoms with E-state index in [1.807, 2.05) is 6.92 Å². The molecular formula is C18H30N2O2. The molecule has 2 atom stereocenters. The quantitative estimate of drug-likeness (QED) is 0.775. The Morgan fingerprint density at radius 3 is 2.64 bits per heavy atom. The number of likely N-dealkylation sites (tertiary alicyclic amines) is 1. The predicted octanol–water partition coefficient (Wildman–Crippen LogP) is 2.71. The van der Waals surface area contributed by atoms with Gasteiger partial charge in [-0.3, -0.25) is 4.90 Å². The van der Waals surface area contributed by atoms with Gasteiger partial charge in [-0.1, -0.05) is 6.07 Å². The van der Waals surface area contributed by atoms with Crippen molar-refractivity contribution in [1.82, 2.24) is 10.2 Å². The monoisotopic (exact) mass is 306 g/mol. The van der Waals surface area contributed by atoms with E-state index in [0.29, 0.717) is 0 Å². The van der Waals surface area contributed by atoms with Crippen molar-refractivity contribution in [1.29, 1.82) is 0 Å². The maximum absolute atomic E-state index is 9.35.